The predicted octanol–water partition coefficient (Wildman–Crippen LogP) is 3.16. The van der Waals surface area contributed by atoms with Crippen molar-refractivity contribution in [3.63, 3.8) is 0 Å². The molecule has 5 heteroatoms. The third-order valence-corrected chi connectivity index (χ3v) is 3.80. The summed E-state index contributed by atoms with van der Waals surface area (Å²) in [6.07, 6.45) is 0. The minimum absolute atomic E-state index is 0.575. The first-order chi connectivity index (χ1) is 11.4. The Morgan fingerprint density at radius 3 is 2.54 bits per heavy atom. The molecule has 0 spiro atoms. The molecular formula is C19H27NO4. The lowest BCUT2D eigenvalue weighted by Gasteiger charge is -2.21. The Morgan fingerprint density at radius 1 is 1.12 bits per heavy atom. The number of ether oxygens (including phenoxy) is 2. The van der Waals surface area contributed by atoms with Gasteiger partial charge in [0.05, 0.1) is 20.3 Å². The van der Waals surface area contributed by atoms with Crippen LogP contribution in [-0.2, 0) is 23.4 Å². The van der Waals surface area contributed by atoms with Gasteiger partial charge in [0.25, 0.3) is 0 Å². The molecule has 2 rings (SSSR count). The van der Waals surface area contributed by atoms with E-state index in [0.717, 1.165) is 24.6 Å². The normalized spacial score (nSPS) is 11.9. The lowest BCUT2D eigenvalue weighted by Crippen LogP contribution is -2.26. The van der Waals surface area contributed by atoms with Gasteiger partial charge in [-0.05, 0) is 43.7 Å². The molecule has 24 heavy (non-hydrogen) atoms. The van der Waals surface area contributed by atoms with Gasteiger partial charge in [-0.1, -0.05) is 12.1 Å². The minimum Gasteiger partial charge on any atom is -0.497 e. The number of furan rings is 1. The molecule has 0 aliphatic heterocycles. The monoisotopic (exact) mass is 333 g/mol. The number of methoxy groups -OCH3 is 2. The maximum absolute atomic E-state index is 10.0. The SMILES string of the molecule is COCCN(Cc1cccc(OC)c1)Cc1ccc(C(C)(C)O)o1. The fraction of sp³-hybridized carbons (Fsp3) is 0.474. The maximum atomic E-state index is 10.0. The van der Waals surface area contributed by atoms with Crippen molar-refractivity contribution < 1.29 is 19.0 Å². The van der Waals surface area contributed by atoms with Crippen LogP contribution in [0, 0.1) is 0 Å². The Labute approximate surface area is 143 Å². The number of benzene rings is 1. The zero-order valence-corrected chi connectivity index (χ0v) is 14.9. The summed E-state index contributed by atoms with van der Waals surface area (Å²) in [4.78, 5) is 2.24. The van der Waals surface area contributed by atoms with Crippen LogP contribution in [0.25, 0.3) is 0 Å². The number of nitrogens with zero attached hydrogens (tertiary/aromatic N) is 1. The molecule has 1 aromatic carbocycles. The molecule has 0 unspecified atom stereocenters. The highest BCUT2D eigenvalue weighted by molar-refractivity contribution is 5.28. The molecule has 1 N–H and O–H groups in total. The molecule has 2 aromatic rings. The highest BCUT2D eigenvalue weighted by atomic mass is 16.5. The van der Waals surface area contributed by atoms with Crippen molar-refractivity contribution in [2.75, 3.05) is 27.4 Å². The van der Waals surface area contributed by atoms with Gasteiger partial charge in [-0.2, -0.15) is 0 Å². The average molecular weight is 333 g/mol. The number of hydrogen-bond acceptors (Lipinski definition) is 5. The highest BCUT2D eigenvalue weighted by Crippen LogP contribution is 2.23. The van der Waals surface area contributed by atoms with Crippen LogP contribution in [0.1, 0.15) is 30.9 Å². The molecule has 5 nitrogen and oxygen atoms in total. The van der Waals surface area contributed by atoms with Gasteiger partial charge in [0.15, 0.2) is 0 Å². The van der Waals surface area contributed by atoms with Crippen molar-refractivity contribution in [1.82, 2.24) is 4.90 Å². The molecule has 0 saturated heterocycles. The summed E-state index contributed by atoms with van der Waals surface area (Å²) in [7, 11) is 3.37. The van der Waals surface area contributed by atoms with Gasteiger partial charge < -0.3 is 19.0 Å². The molecule has 132 valence electrons. The van der Waals surface area contributed by atoms with Crippen molar-refractivity contribution in [2.45, 2.75) is 32.5 Å². The Balaban J connectivity index is 2.08. The second kappa shape index (κ2) is 8.33. The average Bonchev–Trinajstić information content (AvgIpc) is 3.01. The Morgan fingerprint density at radius 2 is 1.92 bits per heavy atom. The van der Waals surface area contributed by atoms with E-state index in [9.17, 15) is 5.11 Å². The topological polar surface area (TPSA) is 55.1 Å². The van der Waals surface area contributed by atoms with Gasteiger partial charge in [-0.3, -0.25) is 4.90 Å². The fourth-order valence-electron chi connectivity index (χ4n) is 2.48. The van der Waals surface area contributed by atoms with Gasteiger partial charge in [-0.15, -0.1) is 0 Å². The van der Waals surface area contributed by atoms with E-state index < -0.39 is 5.60 Å². The van der Waals surface area contributed by atoms with Crippen molar-refractivity contribution >= 4 is 0 Å². The second-order valence-corrected chi connectivity index (χ2v) is 6.38. The second-order valence-electron chi connectivity index (χ2n) is 6.38. The molecule has 0 atom stereocenters. The molecular weight excluding hydrogens is 306 g/mol. The summed E-state index contributed by atoms with van der Waals surface area (Å²) >= 11 is 0. The number of hydrogen-bond donors (Lipinski definition) is 1. The Kier molecular flexibility index (Phi) is 6.43. The molecule has 0 fully saturated rings. The van der Waals surface area contributed by atoms with E-state index in [2.05, 4.69) is 11.0 Å². The fourth-order valence-corrected chi connectivity index (χ4v) is 2.48. The van der Waals surface area contributed by atoms with Crippen LogP contribution >= 0.6 is 0 Å². The largest absolute Gasteiger partial charge is 0.497 e. The summed E-state index contributed by atoms with van der Waals surface area (Å²) in [6, 6.07) is 11.8. The first kappa shape index (κ1) is 18.5. The van der Waals surface area contributed by atoms with E-state index in [1.54, 1.807) is 28.1 Å². The standard InChI is InChI=1S/C19H27NO4/c1-19(2,21)18-9-8-17(24-18)14-20(10-11-22-3)13-15-6-5-7-16(12-15)23-4/h5-9,12,21H,10-11,13-14H2,1-4H3. The van der Waals surface area contributed by atoms with Crippen LogP contribution in [0.15, 0.2) is 40.8 Å². The maximum Gasteiger partial charge on any atom is 0.135 e. The van der Waals surface area contributed by atoms with Crippen molar-refractivity contribution in [3.8, 4) is 5.75 Å². The van der Waals surface area contributed by atoms with E-state index in [4.69, 9.17) is 13.9 Å². The first-order valence-electron chi connectivity index (χ1n) is 8.08. The van der Waals surface area contributed by atoms with Crippen molar-refractivity contribution in [1.29, 1.82) is 0 Å². The van der Waals surface area contributed by atoms with E-state index in [1.807, 2.05) is 30.3 Å². The van der Waals surface area contributed by atoms with Gasteiger partial charge in [0.1, 0.15) is 22.9 Å². The zero-order valence-electron chi connectivity index (χ0n) is 14.9. The van der Waals surface area contributed by atoms with Crippen LogP contribution in [0.5, 0.6) is 5.75 Å². The van der Waals surface area contributed by atoms with Crippen LogP contribution in [0.2, 0.25) is 0 Å². The Bertz CT molecular complexity index is 630. The van der Waals surface area contributed by atoms with Gasteiger partial charge in [0.2, 0.25) is 0 Å². The molecule has 0 aliphatic rings. The van der Waals surface area contributed by atoms with Gasteiger partial charge in [-0.25, -0.2) is 0 Å². The van der Waals surface area contributed by atoms with E-state index in [1.165, 1.54) is 5.56 Å². The van der Waals surface area contributed by atoms with Gasteiger partial charge in [0, 0.05) is 20.2 Å². The summed E-state index contributed by atoms with van der Waals surface area (Å²) < 4.78 is 16.3. The van der Waals surface area contributed by atoms with E-state index in [0.29, 0.717) is 18.9 Å². The summed E-state index contributed by atoms with van der Waals surface area (Å²) in [5.74, 6) is 2.25. The van der Waals surface area contributed by atoms with E-state index in [-0.39, 0.29) is 0 Å². The third kappa shape index (κ3) is 5.37. The predicted molar refractivity (Wildman–Crippen MR) is 92.9 cm³/mol. The van der Waals surface area contributed by atoms with Crippen LogP contribution in [0.4, 0.5) is 0 Å². The summed E-state index contributed by atoms with van der Waals surface area (Å²) in [5, 5.41) is 10.0. The smallest absolute Gasteiger partial charge is 0.135 e. The molecule has 0 bridgehead atoms. The van der Waals surface area contributed by atoms with E-state index >= 15 is 0 Å². The first-order valence-corrected chi connectivity index (χ1v) is 8.08. The highest BCUT2D eigenvalue weighted by Gasteiger charge is 2.21. The lowest BCUT2D eigenvalue weighted by atomic mass is 10.1. The van der Waals surface area contributed by atoms with Crippen molar-refractivity contribution in [2.24, 2.45) is 0 Å². The minimum atomic E-state index is -0.970. The molecule has 0 aliphatic carbocycles. The lowest BCUT2D eigenvalue weighted by molar-refractivity contribution is 0.0511. The quantitative estimate of drug-likeness (QED) is 0.764. The number of aliphatic hydroxyl groups is 1. The Hall–Kier alpha value is -1.82. The molecule has 0 radical (unpaired) electrons. The van der Waals surface area contributed by atoms with Gasteiger partial charge >= 0.3 is 0 Å². The summed E-state index contributed by atoms with van der Waals surface area (Å²) in [6.45, 7) is 6.27. The number of rotatable bonds is 9. The molecule has 1 heterocycles. The van der Waals surface area contributed by atoms with Crippen LogP contribution < -0.4 is 4.74 Å². The third-order valence-electron chi connectivity index (χ3n) is 3.80. The van der Waals surface area contributed by atoms with Crippen LogP contribution in [0.3, 0.4) is 0 Å². The molecule has 0 saturated carbocycles. The zero-order chi connectivity index (χ0) is 17.6. The van der Waals surface area contributed by atoms with Crippen molar-refractivity contribution in [3.05, 3.63) is 53.5 Å². The van der Waals surface area contributed by atoms with Crippen LogP contribution in [-0.4, -0.2) is 37.4 Å². The molecule has 0 amide bonds. The molecule has 1 aromatic heterocycles. The summed E-state index contributed by atoms with van der Waals surface area (Å²) in [5.41, 5.74) is 0.197.